The van der Waals surface area contributed by atoms with Crippen LogP contribution in [0.2, 0.25) is 0 Å². The Morgan fingerprint density at radius 2 is 1.89 bits per heavy atom. The Bertz CT molecular complexity index is 403. The van der Waals surface area contributed by atoms with Crippen LogP contribution in [0, 0.1) is 5.41 Å². The highest BCUT2D eigenvalue weighted by atomic mass is 16.3. The molecule has 0 saturated heterocycles. The van der Waals surface area contributed by atoms with Gasteiger partial charge >= 0.3 is 0 Å². The van der Waals surface area contributed by atoms with Crippen LogP contribution in [0.15, 0.2) is 24.3 Å². The summed E-state index contributed by atoms with van der Waals surface area (Å²) in [5, 5.41) is 24.2. The van der Waals surface area contributed by atoms with Gasteiger partial charge in [0, 0.05) is 30.3 Å². The van der Waals surface area contributed by atoms with E-state index in [9.17, 15) is 15.0 Å². The van der Waals surface area contributed by atoms with Crippen molar-refractivity contribution in [1.82, 2.24) is 0 Å². The van der Waals surface area contributed by atoms with E-state index in [4.69, 9.17) is 0 Å². The third-order valence-electron chi connectivity index (χ3n) is 2.67. The van der Waals surface area contributed by atoms with Crippen LogP contribution in [0.1, 0.15) is 13.8 Å². The number of anilines is 2. The number of carbonyl (C=O) groups is 1. The molecule has 4 N–H and O–H groups in total. The maximum Gasteiger partial charge on any atom is 0.221 e. The molecule has 1 rings (SSSR count). The van der Waals surface area contributed by atoms with Crippen molar-refractivity contribution < 1.29 is 15.0 Å². The molecule has 0 spiro atoms. The number of hydrogen-bond acceptors (Lipinski definition) is 4. The van der Waals surface area contributed by atoms with Crippen LogP contribution >= 0.6 is 0 Å². The van der Waals surface area contributed by atoms with E-state index in [1.807, 2.05) is 12.1 Å². The second-order valence-corrected chi connectivity index (χ2v) is 4.74. The highest BCUT2D eigenvalue weighted by Crippen LogP contribution is 2.19. The molecule has 100 valence electrons. The van der Waals surface area contributed by atoms with E-state index < -0.39 is 5.41 Å². The Morgan fingerprint density at radius 3 is 2.44 bits per heavy atom. The molecule has 5 nitrogen and oxygen atoms in total. The lowest BCUT2D eigenvalue weighted by molar-refractivity contribution is -0.114. The summed E-state index contributed by atoms with van der Waals surface area (Å²) in [7, 11) is 0. The maximum absolute atomic E-state index is 10.9. The molecule has 0 aliphatic rings. The molecule has 1 aromatic rings. The Hall–Kier alpha value is -1.59. The lowest BCUT2D eigenvalue weighted by atomic mass is 9.93. The van der Waals surface area contributed by atoms with Gasteiger partial charge in [-0.05, 0) is 18.2 Å². The van der Waals surface area contributed by atoms with Gasteiger partial charge in [0.15, 0.2) is 0 Å². The summed E-state index contributed by atoms with van der Waals surface area (Å²) in [6, 6.07) is 7.28. The van der Waals surface area contributed by atoms with Crippen LogP contribution in [-0.4, -0.2) is 35.9 Å². The number of aliphatic hydroxyl groups is 2. The van der Waals surface area contributed by atoms with Crippen LogP contribution in [0.25, 0.3) is 0 Å². The zero-order valence-electron chi connectivity index (χ0n) is 10.7. The zero-order chi connectivity index (χ0) is 13.6. The molecule has 18 heavy (non-hydrogen) atoms. The van der Waals surface area contributed by atoms with Crippen LogP contribution in [0.3, 0.4) is 0 Å². The molecule has 0 heterocycles. The average molecular weight is 252 g/mol. The molecule has 0 radical (unpaired) electrons. The van der Waals surface area contributed by atoms with Gasteiger partial charge in [0.2, 0.25) is 5.91 Å². The van der Waals surface area contributed by atoms with Gasteiger partial charge in [-0.1, -0.05) is 13.0 Å². The van der Waals surface area contributed by atoms with Gasteiger partial charge in [-0.15, -0.1) is 0 Å². The highest BCUT2D eigenvalue weighted by Gasteiger charge is 2.21. The normalized spacial score (nSPS) is 11.1. The number of rotatable bonds is 6. The minimum Gasteiger partial charge on any atom is -0.396 e. The summed E-state index contributed by atoms with van der Waals surface area (Å²) in [5.41, 5.74) is 0.973. The van der Waals surface area contributed by atoms with Crippen molar-refractivity contribution in [2.24, 2.45) is 5.41 Å². The number of benzene rings is 1. The lowest BCUT2D eigenvalue weighted by Gasteiger charge is -2.25. The third kappa shape index (κ3) is 4.35. The summed E-state index contributed by atoms with van der Waals surface area (Å²) in [4.78, 5) is 10.9. The number of aliphatic hydroxyl groups excluding tert-OH is 2. The van der Waals surface area contributed by atoms with Crippen molar-refractivity contribution in [2.75, 3.05) is 30.4 Å². The quantitative estimate of drug-likeness (QED) is 0.610. The van der Waals surface area contributed by atoms with E-state index >= 15 is 0 Å². The van der Waals surface area contributed by atoms with Crippen LogP contribution < -0.4 is 10.6 Å². The fraction of sp³-hybridized carbons (Fsp3) is 0.462. The minimum absolute atomic E-state index is 0.0954. The molecule has 0 saturated carbocycles. The predicted molar refractivity (Wildman–Crippen MR) is 71.5 cm³/mol. The second-order valence-electron chi connectivity index (χ2n) is 4.74. The number of amides is 1. The van der Waals surface area contributed by atoms with Crippen molar-refractivity contribution in [3.8, 4) is 0 Å². The molecular formula is C13H20N2O3. The van der Waals surface area contributed by atoms with Crippen LogP contribution in [0.5, 0.6) is 0 Å². The number of nitrogens with one attached hydrogen (secondary N) is 2. The van der Waals surface area contributed by atoms with Crippen molar-refractivity contribution in [1.29, 1.82) is 0 Å². The van der Waals surface area contributed by atoms with E-state index in [1.54, 1.807) is 19.1 Å². The Labute approximate surface area is 107 Å². The number of hydrogen-bond donors (Lipinski definition) is 4. The zero-order valence-corrected chi connectivity index (χ0v) is 10.7. The monoisotopic (exact) mass is 252 g/mol. The summed E-state index contributed by atoms with van der Waals surface area (Å²) < 4.78 is 0. The molecule has 0 bridgehead atoms. The molecule has 0 fully saturated rings. The standard InChI is InChI=1S/C13H20N2O3/c1-10(18)15-12-5-3-4-11(6-12)14-7-13(2,8-16)9-17/h3-6,14,16-17H,7-9H2,1-2H3,(H,15,18). The van der Waals surface area contributed by atoms with Gasteiger partial charge in [-0.3, -0.25) is 4.79 Å². The van der Waals surface area contributed by atoms with Crippen LogP contribution in [0.4, 0.5) is 11.4 Å². The highest BCUT2D eigenvalue weighted by molar-refractivity contribution is 5.89. The summed E-state index contributed by atoms with van der Waals surface area (Å²) in [6.07, 6.45) is 0. The molecule has 0 unspecified atom stereocenters. The molecule has 0 aliphatic carbocycles. The van der Waals surface area contributed by atoms with E-state index in [1.165, 1.54) is 6.92 Å². The summed E-state index contributed by atoms with van der Waals surface area (Å²) >= 11 is 0. The van der Waals surface area contributed by atoms with Gasteiger partial charge in [0.25, 0.3) is 0 Å². The largest absolute Gasteiger partial charge is 0.396 e. The molecular weight excluding hydrogens is 232 g/mol. The first-order valence-corrected chi connectivity index (χ1v) is 5.82. The molecule has 0 atom stereocenters. The first kappa shape index (κ1) is 14.5. The van der Waals surface area contributed by atoms with E-state index in [2.05, 4.69) is 10.6 Å². The van der Waals surface area contributed by atoms with Gasteiger partial charge < -0.3 is 20.8 Å². The average Bonchev–Trinajstić information content (AvgIpc) is 2.36. The third-order valence-corrected chi connectivity index (χ3v) is 2.67. The first-order valence-electron chi connectivity index (χ1n) is 5.82. The fourth-order valence-corrected chi connectivity index (χ4v) is 1.39. The minimum atomic E-state index is -0.565. The van der Waals surface area contributed by atoms with E-state index in [0.717, 1.165) is 5.69 Å². The summed E-state index contributed by atoms with van der Waals surface area (Å²) in [6.45, 7) is 3.50. The maximum atomic E-state index is 10.9. The van der Waals surface area contributed by atoms with Crippen LogP contribution in [-0.2, 0) is 4.79 Å². The molecule has 0 aliphatic heterocycles. The van der Waals surface area contributed by atoms with E-state index in [-0.39, 0.29) is 19.1 Å². The topological polar surface area (TPSA) is 81.6 Å². The van der Waals surface area contributed by atoms with Crippen molar-refractivity contribution in [3.63, 3.8) is 0 Å². The van der Waals surface area contributed by atoms with E-state index in [0.29, 0.717) is 12.2 Å². The smallest absolute Gasteiger partial charge is 0.221 e. The predicted octanol–water partition coefficient (Wildman–Crippen LogP) is 1.05. The molecule has 0 aromatic heterocycles. The summed E-state index contributed by atoms with van der Waals surface area (Å²) in [5.74, 6) is -0.122. The molecule has 5 heteroatoms. The van der Waals surface area contributed by atoms with Crippen molar-refractivity contribution >= 4 is 17.3 Å². The van der Waals surface area contributed by atoms with Gasteiger partial charge in [0.05, 0.1) is 13.2 Å². The van der Waals surface area contributed by atoms with Crippen molar-refractivity contribution in [3.05, 3.63) is 24.3 Å². The van der Waals surface area contributed by atoms with Gasteiger partial charge in [0.1, 0.15) is 0 Å². The lowest BCUT2D eigenvalue weighted by Crippen LogP contribution is -2.34. The Kier molecular flexibility index (Phi) is 5.12. The van der Waals surface area contributed by atoms with Gasteiger partial charge in [-0.2, -0.15) is 0 Å². The Morgan fingerprint density at radius 1 is 1.28 bits per heavy atom. The fourth-order valence-electron chi connectivity index (χ4n) is 1.39. The molecule has 1 aromatic carbocycles. The number of carbonyl (C=O) groups excluding carboxylic acids is 1. The van der Waals surface area contributed by atoms with Crippen molar-refractivity contribution in [2.45, 2.75) is 13.8 Å². The molecule has 1 amide bonds. The Balaban J connectivity index is 2.65. The second kappa shape index (κ2) is 6.37. The van der Waals surface area contributed by atoms with Gasteiger partial charge in [-0.25, -0.2) is 0 Å². The SMILES string of the molecule is CC(=O)Nc1cccc(NCC(C)(CO)CO)c1. The first-order chi connectivity index (χ1) is 8.49.